The van der Waals surface area contributed by atoms with E-state index in [0.717, 1.165) is 25.9 Å². The molecule has 2 saturated heterocycles. The summed E-state index contributed by atoms with van der Waals surface area (Å²) in [6, 6.07) is 8.46. The highest BCUT2D eigenvalue weighted by Crippen LogP contribution is 2.42. The molecule has 1 atom stereocenters. The number of benzene rings is 1. The van der Waals surface area contributed by atoms with E-state index in [1.54, 1.807) is 4.90 Å². The zero-order valence-electron chi connectivity index (χ0n) is 13.8. The predicted octanol–water partition coefficient (Wildman–Crippen LogP) is 0.119. The molecule has 1 spiro atoms. The lowest BCUT2D eigenvalue weighted by Gasteiger charge is -2.41. The number of nitrogens with one attached hydrogen (secondary N) is 1. The molecule has 2 fully saturated rings. The average Bonchev–Trinajstić information content (AvgIpc) is 2.93. The second-order valence-electron chi connectivity index (χ2n) is 6.88. The van der Waals surface area contributed by atoms with Crippen molar-refractivity contribution < 1.29 is 14.3 Å². The molecule has 0 saturated carbocycles. The van der Waals surface area contributed by atoms with E-state index in [-0.39, 0.29) is 24.0 Å². The Hall–Kier alpha value is -1.92. The van der Waals surface area contributed by atoms with Crippen molar-refractivity contribution in [1.29, 1.82) is 0 Å². The van der Waals surface area contributed by atoms with Crippen LogP contribution in [-0.4, -0.2) is 67.5 Å². The van der Waals surface area contributed by atoms with Crippen LogP contribution in [0.25, 0.3) is 0 Å². The van der Waals surface area contributed by atoms with Gasteiger partial charge in [0.25, 0.3) is 0 Å². The second-order valence-corrected chi connectivity index (χ2v) is 6.88. The van der Waals surface area contributed by atoms with Gasteiger partial charge < -0.3 is 15.0 Å². The van der Waals surface area contributed by atoms with Crippen molar-refractivity contribution in [2.24, 2.45) is 0 Å². The number of nitrogens with zero attached hydrogens (tertiary/aromatic N) is 2. The summed E-state index contributed by atoms with van der Waals surface area (Å²) in [7, 11) is 0. The molecular weight excluding hydrogens is 306 g/mol. The quantitative estimate of drug-likeness (QED) is 0.837. The number of aryl methyl sites for hydroxylation is 1. The fourth-order valence-corrected chi connectivity index (χ4v) is 4.10. The maximum atomic E-state index is 12.5. The van der Waals surface area contributed by atoms with Crippen molar-refractivity contribution >= 4 is 11.8 Å². The molecule has 1 aromatic carbocycles. The van der Waals surface area contributed by atoms with Crippen LogP contribution in [0.4, 0.5) is 0 Å². The van der Waals surface area contributed by atoms with Gasteiger partial charge in [-0.25, -0.2) is 0 Å². The van der Waals surface area contributed by atoms with Crippen LogP contribution in [0.5, 0.6) is 0 Å². The Labute approximate surface area is 141 Å². The van der Waals surface area contributed by atoms with Gasteiger partial charge in [0.05, 0.1) is 19.7 Å². The van der Waals surface area contributed by atoms with E-state index in [1.807, 2.05) is 0 Å². The molecule has 1 aliphatic carbocycles. The largest absolute Gasteiger partial charge is 0.368 e. The summed E-state index contributed by atoms with van der Waals surface area (Å²) in [5.41, 5.74) is 2.37. The van der Waals surface area contributed by atoms with Crippen molar-refractivity contribution in [3.8, 4) is 0 Å². The topological polar surface area (TPSA) is 61.9 Å². The fourth-order valence-electron chi connectivity index (χ4n) is 4.10. The van der Waals surface area contributed by atoms with Crippen molar-refractivity contribution in [1.82, 2.24) is 15.1 Å². The molecule has 0 bridgehead atoms. The Morgan fingerprint density at radius 1 is 1.29 bits per heavy atom. The summed E-state index contributed by atoms with van der Waals surface area (Å²) in [5.74, 6) is -0.0362. The van der Waals surface area contributed by atoms with Gasteiger partial charge in [-0.1, -0.05) is 24.3 Å². The normalized spacial score (nSPS) is 27.2. The first kappa shape index (κ1) is 15.6. The Balaban J connectivity index is 1.44. The van der Waals surface area contributed by atoms with Crippen LogP contribution in [-0.2, 0) is 26.3 Å². The number of carbonyl (C=O) groups excluding carboxylic acids is 2. The summed E-state index contributed by atoms with van der Waals surface area (Å²) in [5, 5.41) is 2.75. The van der Waals surface area contributed by atoms with Crippen LogP contribution in [0.3, 0.4) is 0 Å². The highest BCUT2D eigenvalue weighted by atomic mass is 16.5. The van der Waals surface area contributed by atoms with E-state index >= 15 is 0 Å². The SMILES string of the molecule is O=C1CN(C(=O)CN2CCO[C@]3(CCc4ccccc43)C2)CCN1. The molecule has 3 aliphatic rings. The Bertz CT molecular complexity index is 659. The summed E-state index contributed by atoms with van der Waals surface area (Å²) in [6.45, 7) is 3.83. The second kappa shape index (κ2) is 6.18. The molecular formula is C18H23N3O3. The maximum absolute atomic E-state index is 12.5. The van der Waals surface area contributed by atoms with Crippen molar-refractivity contribution in [3.05, 3.63) is 35.4 Å². The van der Waals surface area contributed by atoms with Gasteiger partial charge in [-0.3, -0.25) is 14.5 Å². The maximum Gasteiger partial charge on any atom is 0.239 e. The molecule has 6 nitrogen and oxygen atoms in total. The third-order valence-electron chi connectivity index (χ3n) is 5.32. The molecule has 6 heteroatoms. The number of hydrogen-bond donors (Lipinski definition) is 1. The van der Waals surface area contributed by atoms with Gasteiger partial charge in [0.2, 0.25) is 11.8 Å². The van der Waals surface area contributed by atoms with E-state index in [0.29, 0.717) is 26.2 Å². The highest BCUT2D eigenvalue weighted by Gasteiger charge is 2.43. The van der Waals surface area contributed by atoms with Crippen molar-refractivity contribution in [2.75, 3.05) is 45.9 Å². The van der Waals surface area contributed by atoms with Crippen LogP contribution in [0.2, 0.25) is 0 Å². The van der Waals surface area contributed by atoms with Gasteiger partial charge in [-0.15, -0.1) is 0 Å². The van der Waals surface area contributed by atoms with Crippen LogP contribution in [0.1, 0.15) is 17.5 Å². The van der Waals surface area contributed by atoms with E-state index < -0.39 is 0 Å². The lowest BCUT2D eigenvalue weighted by Crippen LogP contribution is -2.55. The third-order valence-corrected chi connectivity index (χ3v) is 5.32. The zero-order valence-corrected chi connectivity index (χ0v) is 13.8. The number of rotatable bonds is 2. The monoisotopic (exact) mass is 329 g/mol. The van der Waals surface area contributed by atoms with Crippen LogP contribution >= 0.6 is 0 Å². The molecule has 0 radical (unpaired) electrons. The first-order chi connectivity index (χ1) is 11.7. The molecule has 0 unspecified atom stereocenters. The summed E-state index contributed by atoms with van der Waals surface area (Å²) in [4.78, 5) is 27.8. The van der Waals surface area contributed by atoms with Crippen molar-refractivity contribution in [3.63, 3.8) is 0 Å². The molecule has 2 aliphatic heterocycles. The number of ether oxygens (including phenoxy) is 1. The number of hydrogen-bond acceptors (Lipinski definition) is 4. The van der Waals surface area contributed by atoms with Gasteiger partial charge in [0.1, 0.15) is 5.60 Å². The predicted molar refractivity (Wildman–Crippen MR) is 88.4 cm³/mol. The average molecular weight is 329 g/mol. The van der Waals surface area contributed by atoms with Gasteiger partial charge >= 0.3 is 0 Å². The first-order valence-corrected chi connectivity index (χ1v) is 8.65. The molecule has 1 N–H and O–H groups in total. The molecule has 4 rings (SSSR count). The minimum atomic E-state index is -0.269. The summed E-state index contributed by atoms with van der Waals surface area (Å²) < 4.78 is 6.20. The number of amides is 2. The summed E-state index contributed by atoms with van der Waals surface area (Å²) in [6.07, 6.45) is 2.01. The minimum absolute atomic E-state index is 0.0354. The smallest absolute Gasteiger partial charge is 0.239 e. The highest BCUT2D eigenvalue weighted by molar-refractivity contribution is 5.86. The lowest BCUT2D eigenvalue weighted by atomic mass is 9.93. The molecule has 24 heavy (non-hydrogen) atoms. The molecule has 2 amide bonds. The van der Waals surface area contributed by atoms with E-state index in [1.165, 1.54) is 11.1 Å². The zero-order chi connectivity index (χ0) is 16.6. The third kappa shape index (κ3) is 2.80. The van der Waals surface area contributed by atoms with Gasteiger partial charge in [0.15, 0.2) is 0 Å². The van der Waals surface area contributed by atoms with Gasteiger partial charge in [-0.05, 0) is 24.0 Å². The molecule has 0 aromatic heterocycles. The Morgan fingerprint density at radius 2 is 2.17 bits per heavy atom. The van der Waals surface area contributed by atoms with Crippen molar-refractivity contribution in [2.45, 2.75) is 18.4 Å². The number of morpholine rings is 1. The molecule has 1 aromatic rings. The number of fused-ring (bicyclic) bond motifs is 2. The van der Waals surface area contributed by atoms with Gasteiger partial charge in [-0.2, -0.15) is 0 Å². The lowest BCUT2D eigenvalue weighted by molar-refractivity contribution is -0.145. The summed E-state index contributed by atoms with van der Waals surface area (Å²) >= 11 is 0. The molecule has 128 valence electrons. The van der Waals surface area contributed by atoms with Crippen LogP contribution in [0.15, 0.2) is 24.3 Å². The Kier molecular flexibility index (Phi) is 4.02. The number of piperazine rings is 1. The van der Waals surface area contributed by atoms with Gasteiger partial charge in [0, 0.05) is 26.2 Å². The number of carbonyl (C=O) groups is 2. The molecule has 2 heterocycles. The van der Waals surface area contributed by atoms with Crippen LogP contribution < -0.4 is 5.32 Å². The minimum Gasteiger partial charge on any atom is -0.368 e. The van der Waals surface area contributed by atoms with E-state index in [2.05, 4.69) is 34.5 Å². The fraction of sp³-hybridized carbons (Fsp3) is 0.556. The van der Waals surface area contributed by atoms with E-state index in [9.17, 15) is 9.59 Å². The van der Waals surface area contributed by atoms with Crippen LogP contribution in [0, 0.1) is 0 Å². The Morgan fingerprint density at radius 3 is 3.04 bits per heavy atom. The van der Waals surface area contributed by atoms with E-state index in [4.69, 9.17) is 4.74 Å². The standard InChI is InChI=1S/C18H23N3O3/c22-16-11-21(8-7-19-16)17(23)12-20-9-10-24-18(13-20)6-5-14-3-1-2-4-15(14)18/h1-4H,5-13H2,(H,19,22)/t18-/m1/s1. The first-order valence-electron chi connectivity index (χ1n) is 8.65.